The van der Waals surface area contributed by atoms with Crippen molar-refractivity contribution >= 4 is 40.9 Å². The van der Waals surface area contributed by atoms with Crippen molar-refractivity contribution in [2.24, 2.45) is 0 Å². The number of halogens is 2. The van der Waals surface area contributed by atoms with Gasteiger partial charge in [0.2, 0.25) is 0 Å². The van der Waals surface area contributed by atoms with Crippen molar-refractivity contribution in [1.29, 1.82) is 0 Å². The number of ether oxygens (including phenoxy) is 1. The molecule has 0 bridgehead atoms. The number of allylic oxidation sites excluding steroid dienone is 1. The van der Waals surface area contributed by atoms with Gasteiger partial charge in [-0.2, -0.15) is 0 Å². The van der Waals surface area contributed by atoms with E-state index in [2.05, 4.69) is 6.58 Å². The molecule has 2 nitrogen and oxygen atoms in total. The molecule has 0 amide bonds. The lowest BCUT2D eigenvalue weighted by molar-refractivity contribution is -0.143. The smallest absolute Gasteiger partial charge is 0.327 e. The lowest BCUT2D eigenvalue weighted by atomic mass is 9.94. The van der Waals surface area contributed by atoms with E-state index < -0.39 is 4.75 Å². The predicted molar refractivity (Wildman–Crippen MR) is 97.3 cm³/mol. The predicted octanol–water partition coefficient (Wildman–Crippen LogP) is 5.73. The maximum atomic E-state index is 12.7. The Morgan fingerprint density at radius 3 is 2.52 bits per heavy atom. The Morgan fingerprint density at radius 1 is 1.26 bits per heavy atom. The molecule has 0 radical (unpaired) electrons. The van der Waals surface area contributed by atoms with Crippen LogP contribution in [0.1, 0.15) is 12.0 Å². The topological polar surface area (TPSA) is 26.3 Å². The fourth-order valence-corrected chi connectivity index (χ4v) is 4.29. The maximum absolute atomic E-state index is 12.7. The van der Waals surface area contributed by atoms with Crippen LogP contribution in [0, 0.1) is 0 Å². The number of methoxy groups -OCH3 is 1. The van der Waals surface area contributed by atoms with Gasteiger partial charge in [0.25, 0.3) is 0 Å². The number of hydrogen-bond donors (Lipinski definition) is 0. The summed E-state index contributed by atoms with van der Waals surface area (Å²) >= 11 is 13.8. The monoisotopic (exact) mass is 366 g/mol. The van der Waals surface area contributed by atoms with Crippen LogP contribution in [-0.4, -0.2) is 13.1 Å². The summed E-state index contributed by atoms with van der Waals surface area (Å²) in [5.74, 6) is -0.379. The molecule has 0 saturated carbocycles. The Labute approximate surface area is 150 Å². The van der Waals surface area contributed by atoms with Crippen LogP contribution in [0.5, 0.6) is 0 Å². The summed E-state index contributed by atoms with van der Waals surface area (Å²) in [6, 6.07) is 14.8. The van der Waals surface area contributed by atoms with E-state index in [1.807, 2.05) is 30.3 Å². The molecule has 120 valence electrons. The molecule has 1 unspecified atom stereocenters. The molecule has 0 aromatic heterocycles. The molecule has 0 aliphatic carbocycles. The number of carbonyl (C=O) groups is 1. The molecule has 1 atom stereocenters. The van der Waals surface area contributed by atoms with Crippen molar-refractivity contribution < 1.29 is 9.53 Å². The van der Waals surface area contributed by atoms with Gasteiger partial charge in [-0.15, -0.1) is 18.3 Å². The average Bonchev–Trinajstić information content (AvgIpc) is 2.54. The summed E-state index contributed by atoms with van der Waals surface area (Å²) in [6.07, 6.45) is 2.07. The van der Waals surface area contributed by atoms with Crippen molar-refractivity contribution in [1.82, 2.24) is 0 Å². The van der Waals surface area contributed by atoms with Crippen LogP contribution in [0.3, 0.4) is 0 Å². The normalized spacial score (nSPS) is 13.2. The summed E-state index contributed by atoms with van der Waals surface area (Å²) < 4.78 is 4.07. The van der Waals surface area contributed by atoms with Gasteiger partial charge in [0.1, 0.15) is 4.75 Å². The van der Waals surface area contributed by atoms with Crippen LogP contribution in [-0.2, 0) is 14.3 Å². The summed E-state index contributed by atoms with van der Waals surface area (Å²) in [7, 11) is 1.37. The highest BCUT2D eigenvalue weighted by molar-refractivity contribution is 8.01. The number of carbonyl (C=O) groups excluding carboxylic acids is 1. The molecular formula is C18H16Cl2O2S. The molecule has 0 aliphatic rings. The molecule has 0 saturated heterocycles. The number of esters is 1. The maximum Gasteiger partial charge on any atom is 0.327 e. The van der Waals surface area contributed by atoms with Gasteiger partial charge in [-0.3, -0.25) is 4.79 Å². The highest BCUT2D eigenvalue weighted by atomic mass is 35.5. The molecule has 0 spiro atoms. The van der Waals surface area contributed by atoms with Gasteiger partial charge in [0.15, 0.2) is 0 Å². The van der Waals surface area contributed by atoms with Crippen molar-refractivity contribution in [2.45, 2.75) is 16.1 Å². The third-order valence-corrected chi connectivity index (χ3v) is 5.31. The van der Waals surface area contributed by atoms with Crippen molar-refractivity contribution in [2.75, 3.05) is 7.11 Å². The molecular weight excluding hydrogens is 351 g/mol. The second-order valence-corrected chi connectivity index (χ2v) is 7.07. The van der Waals surface area contributed by atoms with Crippen molar-refractivity contribution in [3.63, 3.8) is 0 Å². The molecule has 2 aromatic rings. The first-order valence-electron chi connectivity index (χ1n) is 6.92. The quantitative estimate of drug-likeness (QED) is 0.371. The first-order chi connectivity index (χ1) is 11.0. The second kappa shape index (κ2) is 7.91. The number of benzene rings is 2. The van der Waals surface area contributed by atoms with Crippen LogP contribution in [0.2, 0.25) is 10.0 Å². The Bertz CT molecular complexity index is 703. The highest BCUT2D eigenvalue weighted by Crippen LogP contribution is 2.48. The molecule has 0 N–H and O–H groups in total. The third kappa shape index (κ3) is 3.92. The van der Waals surface area contributed by atoms with Crippen LogP contribution in [0.25, 0.3) is 0 Å². The lowest BCUT2D eigenvalue weighted by Gasteiger charge is -2.30. The fourth-order valence-electron chi connectivity index (χ4n) is 2.32. The van der Waals surface area contributed by atoms with Gasteiger partial charge in [-0.1, -0.05) is 53.5 Å². The third-order valence-electron chi connectivity index (χ3n) is 3.35. The van der Waals surface area contributed by atoms with E-state index in [0.29, 0.717) is 22.0 Å². The van der Waals surface area contributed by atoms with Gasteiger partial charge in [0.05, 0.1) is 7.11 Å². The zero-order chi connectivity index (χ0) is 16.9. The Balaban J connectivity index is 2.61. The highest BCUT2D eigenvalue weighted by Gasteiger charge is 2.43. The zero-order valence-electron chi connectivity index (χ0n) is 12.6. The number of hydrogen-bond acceptors (Lipinski definition) is 3. The van der Waals surface area contributed by atoms with Gasteiger partial charge in [-0.05, 0) is 36.2 Å². The molecule has 0 aliphatic heterocycles. The molecule has 2 rings (SSSR count). The number of thioether (sulfide) groups is 1. The standard InChI is InChI=1S/C18H16Cl2O2S/c1-3-11-18(17(21)22-2,23-14-7-5-4-6-8-14)15-10-9-13(19)12-16(15)20/h3-10,12H,1,11H2,2H3. The molecule has 0 fully saturated rings. The zero-order valence-corrected chi connectivity index (χ0v) is 14.9. The summed E-state index contributed by atoms with van der Waals surface area (Å²) in [4.78, 5) is 13.6. The Hall–Kier alpha value is -1.42. The van der Waals surface area contributed by atoms with Crippen LogP contribution >= 0.6 is 35.0 Å². The minimum Gasteiger partial charge on any atom is -0.468 e. The largest absolute Gasteiger partial charge is 0.468 e. The van der Waals surface area contributed by atoms with E-state index in [1.54, 1.807) is 24.3 Å². The van der Waals surface area contributed by atoms with Crippen molar-refractivity contribution in [3.8, 4) is 0 Å². The summed E-state index contributed by atoms with van der Waals surface area (Å²) in [5, 5.41) is 0.939. The van der Waals surface area contributed by atoms with E-state index in [1.165, 1.54) is 18.9 Å². The lowest BCUT2D eigenvalue weighted by Crippen LogP contribution is -2.33. The Kier molecular flexibility index (Phi) is 6.17. The number of rotatable bonds is 6. The second-order valence-electron chi connectivity index (χ2n) is 4.85. The Morgan fingerprint density at radius 2 is 1.96 bits per heavy atom. The molecule has 0 heterocycles. The van der Waals surface area contributed by atoms with Crippen LogP contribution in [0.4, 0.5) is 0 Å². The van der Waals surface area contributed by atoms with Gasteiger partial charge in [-0.25, -0.2) is 0 Å². The molecule has 5 heteroatoms. The van der Waals surface area contributed by atoms with Crippen molar-refractivity contribution in [3.05, 3.63) is 76.8 Å². The van der Waals surface area contributed by atoms with Gasteiger partial charge in [0, 0.05) is 14.9 Å². The van der Waals surface area contributed by atoms with E-state index in [0.717, 1.165) is 4.90 Å². The molecule has 2 aromatic carbocycles. The minimum atomic E-state index is -1.01. The van der Waals surface area contributed by atoms with E-state index in [9.17, 15) is 4.79 Å². The SMILES string of the molecule is C=CCC(Sc1ccccc1)(C(=O)OC)c1ccc(Cl)cc1Cl. The fraction of sp³-hybridized carbons (Fsp3) is 0.167. The summed E-state index contributed by atoms with van der Waals surface area (Å²) in [5.41, 5.74) is 0.657. The van der Waals surface area contributed by atoms with E-state index in [-0.39, 0.29) is 5.97 Å². The van der Waals surface area contributed by atoms with Gasteiger partial charge < -0.3 is 4.74 Å². The minimum absolute atomic E-state index is 0.376. The van der Waals surface area contributed by atoms with Crippen LogP contribution in [0.15, 0.2) is 66.1 Å². The van der Waals surface area contributed by atoms with Gasteiger partial charge >= 0.3 is 5.97 Å². The molecule has 23 heavy (non-hydrogen) atoms. The first kappa shape index (κ1) is 17.9. The average molecular weight is 367 g/mol. The van der Waals surface area contributed by atoms with Crippen LogP contribution < -0.4 is 0 Å². The first-order valence-corrected chi connectivity index (χ1v) is 8.49. The summed E-state index contributed by atoms with van der Waals surface area (Å²) in [6.45, 7) is 3.79. The van der Waals surface area contributed by atoms with E-state index >= 15 is 0 Å². The van der Waals surface area contributed by atoms with E-state index in [4.69, 9.17) is 27.9 Å².